The molecule has 2 heterocycles. The third-order valence-corrected chi connectivity index (χ3v) is 1.92. The summed E-state index contributed by atoms with van der Waals surface area (Å²) in [6.07, 6.45) is -0.648. The summed E-state index contributed by atoms with van der Waals surface area (Å²) in [6, 6.07) is 0. The van der Waals surface area contributed by atoms with Gasteiger partial charge in [0.2, 0.25) is 5.91 Å². The Hall–Kier alpha value is -1.57. The van der Waals surface area contributed by atoms with Crippen LogP contribution in [0.15, 0.2) is 0 Å². The highest BCUT2D eigenvalue weighted by molar-refractivity contribution is 8.14. The SMILES string of the molecule is O=C1COC(=O)N1.O=C1CSC(=O)N1. The van der Waals surface area contributed by atoms with E-state index in [0.29, 0.717) is 5.75 Å². The molecule has 0 aliphatic carbocycles. The fraction of sp³-hybridized carbons (Fsp3) is 0.333. The van der Waals surface area contributed by atoms with Crippen LogP contribution in [0.3, 0.4) is 0 Å². The van der Waals surface area contributed by atoms with Gasteiger partial charge < -0.3 is 4.74 Å². The van der Waals surface area contributed by atoms with E-state index >= 15 is 0 Å². The molecule has 8 heteroatoms. The first-order valence-electron chi connectivity index (χ1n) is 3.51. The maximum absolute atomic E-state index is 10.1. The lowest BCUT2D eigenvalue weighted by atomic mass is 10.7. The van der Waals surface area contributed by atoms with Crippen LogP contribution in [0.1, 0.15) is 0 Å². The molecular formula is C6H6N2O5S. The molecule has 2 aliphatic rings. The highest BCUT2D eigenvalue weighted by Gasteiger charge is 2.17. The molecule has 2 fully saturated rings. The molecule has 0 aromatic carbocycles. The van der Waals surface area contributed by atoms with Crippen LogP contribution < -0.4 is 10.6 Å². The Morgan fingerprint density at radius 1 is 1.07 bits per heavy atom. The number of carbonyl (C=O) groups excluding carboxylic acids is 4. The predicted molar refractivity (Wildman–Crippen MR) is 45.5 cm³/mol. The monoisotopic (exact) mass is 218 g/mol. The molecule has 0 unspecified atom stereocenters. The van der Waals surface area contributed by atoms with E-state index in [1.165, 1.54) is 0 Å². The average Bonchev–Trinajstić information content (AvgIpc) is 2.63. The second-order valence-corrected chi connectivity index (χ2v) is 3.20. The number of ether oxygens (including phenoxy) is 1. The van der Waals surface area contributed by atoms with Gasteiger partial charge in [0.05, 0.1) is 5.75 Å². The van der Waals surface area contributed by atoms with E-state index in [1.807, 2.05) is 5.32 Å². The molecule has 2 saturated heterocycles. The van der Waals surface area contributed by atoms with Gasteiger partial charge in [-0.15, -0.1) is 0 Å². The van der Waals surface area contributed by atoms with E-state index in [9.17, 15) is 19.2 Å². The Balaban J connectivity index is 0.000000140. The Morgan fingerprint density at radius 2 is 1.79 bits per heavy atom. The van der Waals surface area contributed by atoms with Gasteiger partial charge in [0.25, 0.3) is 11.1 Å². The molecule has 2 aliphatic heterocycles. The zero-order valence-corrected chi connectivity index (χ0v) is 7.68. The van der Waals surface area contributed by atoms with E-state index in [1.54, 1.807) is 0 Å². The van der Waals surface area contributed by atoms with E-state index in [2.05, 4.69) is 10.1 Å². The minimum absolute atomic E-state index is 0.126. The third-order valence-electron chi connectivity index (χ3n) is 1.15. The van der Waals surface area contributed by atoms with Crippen molar-refractivity contribution in [2.75, 3.05) is 12.4 Å². The predicted octanol–water partition coefficient (Wildman–Crippen LogP) is -0.778. The van der Waals surface area contributed by atoms with Crippen LogP contribution in [0.25, 0.3) is 0 Å². The number of carbonyl (C=O) groups is 4. The van der Waals surface area contributed by atoms with Crippen molar-refractivity contribution in [2.45, 2.75) is 0 Å². The van der Waals surface area contributed by atoms with E-state index in [-0.39, 0.29) is 23.7 Å². The number of hydrogen-bond acceptors (Lipinski definition) is 6. The smallest absolute Gasteiger partial charge is 0.414 e. The van der Waals surface area contributed by atoms with Gasteiger partial charge in [-0.25, -0.2) is 4.79 Å². The summed E-state index contributed by atoms with van der Waals surface area (Å²) in [5, 5.41) is 3.79. The Kier molecular flexibility index (Phi) is 3.46. The fourth-order valence-electron chi connectivity index (χ4n) is 0.634. The molecule has 0 aromatic rings. The summed E-state index contributed by atoms with van der Waals surface area (Å²) >= 11 is 1.01. The van der Waals surface area contributed by atoms with Gasteiger partial charge in [0.1, 0.15) is 0 Å². The molecule has 7 nitrogen and oxygen atoms in total. The topological polar surface area (TPSA) is 102 Å². The number of thioether (sulfide) groups is 1. The number of rotatable bonds is 0. The lowest BCUT2D eigenvalue weighted by Gasteiger charge is -1.78. The number of amides is 4. The number of nitrogens with one attached hydrogen (secondary N) is 2. The summed E-state index contributed by atoms with van der Waals surface area (Å²) in [6.45, 7) is -0.126. The molecule has 0 bridgehead atoms. The van der Waals surface area contributed by atoms with Crippen LogP contribution in [-0.4, -0.2) is 35.5 Å². The van der Waals surface area contributed by atoms with Crippen LogP contribution in [-0.2, 0) is 14.3 Å². The van der Waals surface area contributed by atoms with Gasteiger partial charge in [0, 0.05) is 0 Å². The minimum atomic E-state index is -0.648. The molecule has 0 radical (unpaired) electrons. The van der Waals surface area contributed by atoms with Crippen molar-refractivity contribution in [1.82, 2.24) is 10.6 Å². The summed E-state index contributed by atoms with van der Waals surface area (Å²) < 4.78 is 4.17. The normalized spacial score (nSPS) is 19.4. The van der Waals surface area contributed by atoms with Crippen molar-refractivity contribution < 1.29 is 23.9 Å². The van der Waals surface area contributed by atoms with Crippen LogP contribution in [0.2, 0.25) is 0 Å². The zero-order valence-electron chi connectivity index (χ0n) is 6.86. The second-order valence-electron chi connectivity index (χ2n) is 2.25. The van der Waals surface area contributed by atoms with Crippen molar-refractivity contribution in [2.24, 2.45) is 0 Å². The molecule has 2 rings (SSSR count). The van der Waals surface area contributed by atoms with Gasteiger partial charge in [-0.3, -0.25) is 25.0 Å². The number of alkyl carbamates (subject to hydrolysis) is 1. The van der Waals surface area contributed by atoms with Crippen molar-refractivity contribution in [3.05, 3.63) is 0 Å². The molecule has 0 saturated carbocycles. The summed E-state index contributed by atoms with van der Waals surface area (Å²) in [4.78, 5) is 40.1. The van der Waals surface area contributed by atoms with Gasteiger partial charge >= 0.3 is 6.09 Å². The zero-order chi connectivity index (χ0) is 10.6. The average molecular weight is 218 g/mol. The summed E-state index contributed by atoms with van der Waals surface area (Å²) in [5.41, 5.74) is 0. The second kappa shape index (κ2) is 4.61. The van der Waals surface area contributed by atoms with Crippen molar-refractivity contribution in [3.8, 4) is 0 Å². The minimum Gasteiger partial charge on any atom is -0.439 e. The summed E-state index contributed by atoms with van der Waals surface area (Å²) in [7, 11) is 0. The van der Waals surface area contributed by atoms with Crippen molar-refractivity contribution in [1.29, 1.82) is 0 Å². The number of cyclic esters (lactones) is 1. The lowest BCUT2D eigenvalue weighted by molar-refractivity contribution is -0.119. The van der Waals surface area contributed by atoms with Gasteiger partial charge in [-0.05, 0) is 0 Å². The molecule has 0 spiro atoms. The number of hydrogen-bond donors (Lipinski definition) is 2. The highest BCUT2D eigenvalue weighted by Crippen LogP contribution is 2.06. The van der Waals surface area contributed by atoms with Gasteiger partial charge in [-0.2, -0.15) is 0 Å². The largest absolute Gasteiger partial charge is 0.439 e. The highest BCUT2D eigenvalue weighted by atomic mass is 32.2. The van der Waals surface area contributed by atoms with Gasteiger partial charge in [-0.1, -0.05) is 11.8 Å². The Morgan fingerprint density at radius 3 is 1.93 bits per heavy atom. The molecule has 4 amide bonds. The first-order chi connectivity index (χ1) is 6.58. The number of imide groups is 2. The summed E-state index contributed by atoms with van der Waals surface area (Å²) in [5.74, 6) is -0.265. The molecule has 14 heavy (non-hydrogen) atoms. The Labute approximate surface area is 82.5 Å². The van der Waals surface area contributed by atoms with Crippen molar-refractivity contribution in [3.63, 3.8) is 0 Å². The molecule has 76 valence electrons. The molecular weight excluding hydrogens is 212 g/mol. The van der Waals surface area contributed by atoms with Gasteiger partial charge in [0.15, 0.2) is 6.61 Å². The van der Waals surface area contributed by atoms with Crippen LogP contribution in [0.5, 0.6) is 0 Å². The first kappa shape index (κ1) is 10.5. The van der Waals surface area contributed by atoms with E-state index < -0.39 is 6.09 Å². The molecule has 0 aromatic heterocycles. The van der Waals surface area contributed by atoms with E-state index in [4.69, 9.17) is 0 Å². The quantitative estimate of drug-likeness (QED) is 0.553. The van der Waals surface area contributed by atoms with Crippen LogP contribution in [0.4, 0.5) is 9.59 Å². The van der Waals surface area contributed by atoms with Crippen LogP contribution in [0, 0.1) is 0 Å². The first-order valence-corrected chi connectivity index (χ1v) is 4.49. The lowest BCUT2D eigenvalue weighted by Crippen LogP contribution is -2.18. The van der Waals surface area contributed by atoms with Crippen molar-refractivity contribution >= 4 is 34.9 Å². The maximum Gasteiger partial charge on any atom is 0.414 e. The molecule has 0 atom stereocenters. The van der Waals surface area contributed by atoms with E-state index in [0.717, 1.165) is 11.8 Å². The van der Waals surface area contributed by atoms with Crippen LogP contribution >= 0.6 is 11.8 Å². The standard InChI is InChI=1S/C3H3NO3.C3H3NO2S/c2*5-2-1-7-3(6)4-2/h2*1H2,(H,4,5,6). The Bertz CT molecular complexity index is 245. The maximum atomic E-state index is 10.1. The third kappa shape index (κ3) is 3.44. The fourth-order valence-corrected chi connectivity index (χ4v) is 1.15. The molecule has 2 N–H and O–H groups in total.